The Labute approximate surface area is 150 Å². The van der Waals surface area contributed by atoms with Gasteiger partial charge in [0.25, 0.3) is 11.8 Å². The maximum atomic E-state index is 11.8. The van der Waals surface area contributed by atoms with Crippen molar-refractivity contribution in [1.82, 2.24) is 10.6 Å². The fourth-order valence-electron chi connectivity index (χ4n) is 2.04. The lowest BCUT2D eigenvalue weighted by Gasteiger charge is -2.13. The van der Waals surface area contributed by atoms with Crippen LogP contribution in [0.4, 0.5) is 0 Å². The summed E-state index contributed by atoms with van der Waals surface area (Å²) in [5.41, 5.74) is 1.12. The van der Waals surface area contributed by atoms with Crippen molar-refractivity contribution >= 4 is 29.1 Å². The van der Waals surface area contributed by atoms with Gasteiger partial charge in [0.2, 0.25) is 0 Å². The van der Waals surface area contributed by atoms with Crippen molar-refractivity contribution in [2.24, 2.45) is 0 Å². The minimum absolute atomic E-state index is 0.341. The number of hydrogen-bond donors (Lipinski definition) is 2. The number of hydrogen-bond acceptors (Lipinski definition) is 5. The number of benzene rings is 1. The third kappa shape index (κ3) is 6.39. The maximum absolute atomic E-state index is 11.8. The predicted molar refractivity (Wildman–Crippen MR) is 95.4 cm³/mol. The molecule has 0 aliphatic heterocycles. The van der Waals surface area contributed by atoms with Crippen molar-refractivity contribution in [2.45, 2.75) is 19.4 Å². The summed E-state index contributed by atoms with van der Waals surface area (Å²) >= 11 is 1.28. The maximum Gasteiger partial charge on any atom is 0.328 e. The number of carbonyl (C=O) groups excluding carboxylic acids is 3. The predicted octanol–water partition coefficient (Wildman–Crippen LogP) is 1.77. The van der Waals surface area contributed by atoms with Gasteiger partial charge < -0.3 is 15.4 Å². The molecule has 0 spiro atoms. The molecule has 0 saturated heterocycles. The van der Waals surface area contributed by atoms with E-state index in [0.29, 0.717) is 17.8 Å². The standard InChI is InChI=1S/C18H20N2O4S/c1-13(20-17(22)15-8-5-11-25-15)18(23)24-12-16(21)19-10-9-14-6-3-2-4-7-14/h2-8,11,13H,9-10,12H2,1H3,(H,19,21)(H,20,22). The van der Waals surface area contributed by atoms with Crippen LogP contribution in [0.2, 0.25) is 0 Å². The average Bonchev–Trinajstić information content (AvgIpc) is 3.15. The summed E-state index contributed by atoms with van der Waals surface area (Å²) in [5, 5.41) is 7.00. The molecule has 1 heterocycles. The highest BCUT2D eigenvalue weighted by atomic mass is 32.1. The molecule has 0 aliphatic rings. The number of rotatable bonds is 8. The summed E-state index contributed by atoms with van der Waals surface area (Å²) in [5.74, 6) is -1.36. The van der Waals surface area contributed by atoms with E-state index in [2.05, 4.69) is 10.6 Å². The second-order valence-electron chi connectivity index (χ2n) is 5.37. The van der Waals surface area contributed by atoms with Gasteiger partial charge in [-0.3, -0.25) is 9.59 Å². The molecule has 1 aromatic heterocycles. The first-order valence-corrected chi connectivity index (χ1v) is 8.76. The molecule has 1 unspecified atom stereocenters. The molecule has 0 fully saturated rings. The zero-order valence-electron chi connectivity index (χ0n) is 13.9. The summed E-state index contributed by atoms with van der Waals surface area (Å²) in [6.07, 6.45) is 0.702. The van der Waals surface area contributed by atoms with E-state index in [4.69, 9.17) is 4.74 Å². The van der Waals surface area contributed by atoms with Gasteiger partial charge in [0.1, 0.15) is 6.04 Å². The topological polar surface area (TPSA) is 84.5 Å². The van der Waals surface area contributed by atoms with Crippen LogP contribution in [0.5, 0.6) is 0 Å². The van der Waals surface area contributed by atoms with E-state index in [1.165, 1.54) is 18.3 Å². The van der Waals surface area contributed by atoms with E-state index in [0.717, 1.165) is 5.56 Å². The number of amides is 2. The Balaban J connectivity index is 1.64. The van der Waals surface area contributed by atoms with E-state index >= 15 is 0 Å². The molecule has 0 aliphatic carbocycles. The van der Waals surface area contributed by atoms with Crippen molar-refractivity contribution in [3.05, 3.63) is 58.3 Å². The highest BCUT2D eigenvalue weighted by Gasteiger charge is 2.19. The molecule has 2 aromatic rings. The molecule has 1 atom stereocenters. The van der Waals surface area contributed by atoms with Crippen molar-refractivity contribution in [1.29, 1.82) is 0 Å². The van der Waals surface area contributed by atoms with Crippen LogP contribution < -0.4 is 10.6 Å². The molecular formula is C18H20N2O4S. The second kappa shape index (κ2) is 9.58. The molecule has 0 bridgehead atoms. The Bertz CT molecular complexity index is 701. The quantitative estimate of drug-likeness (QED) is 0.703. The molecule has 0 radical (unpaired) electrons. The number of esters is 1. The minimum atomic E-state index is -0.827. The number of thiophene rings is 1. The van der Waals surface area contributed by atoms with Crippen LogP contribution in [0.3, 0.4) is 0 Å². The molecule has 2 amide bonds. The molecule has 25 heavy (non-hydrogen) atoms. The Morgan fingerprint density at radius 1 is 1.12 bits per heavy atom. The van der Waals surface area contributed by atoms with Gasteiger partial charge in [-0.1, -0.05) is 36.4 Å². The third-order valence-electron chi connectivity index (χ3n) is 3.37. The first-order chi connectivity index (χ1) is 12.1. The van der Waals surface area contributed by atoms with Crippen LogP contribution in [0, 0.1) is 0 Å². The van der Waals surface area contributed by atoms with Crippen LogP contribution in [0.1, 0.15) is 22.2 Å². The number of nitrogens with one attached hydrogen (secondary N) is 2. The van der Waals surface area contributed by atoms with Crippen LogP contribution in [0.25, 0.3) is 0 Å². The minimum Gasteiger partial charge on any atom is -0.454 e. The Morgan fingerprint density at radius 3 is 2.56 bits per heavy atom. The van der Waals surface area contributed by atoms with E-state index in [9.17, 15) is 14.4 Å². The molecule has 0 saturated carbocycles. The Morgan fingerprint density at radius 2 is 1.88 bits per heavy atom. The van der Waals surface area contributed by atoms with Crippen molar-refractivity contribution in [3.63, 3.8) is 0 Å². The molecule has 7 heteroatoms. The normalized spacial score (nSPS) is 11.4. The van der Waals surface area contributed by atoms with Gasteiger partial charge in [0, 0.05) is 6.54 Å². The molecule has 1 aromatic carbocycles. The number of ether oxygens (including phenoxy) is 1. The average molecular weight is 360 g/mol. The van der Waals surface area contributed by atoms with Crippen molar-refractivity contribution < 1.29 is 19.1 Å². The van der Waals surface area contributed by atoms with E-state index in [1.807, 2.05) is 30.3 Å². The van der Waals surface area contributed by atoms with Crippen LogP contribution in [-0.2, 0) is 20.7 Å². The summed E-state index contributed by atoms with van der Waals surface area (Å²) < 4.78 is 4.92. The monoisotopic (exact) mass is 360 g/mol. The zero-order valence-corrected chi connectivity index (χ0v) is 14.7. The van der Waals surface area contributed by atoms with E-state index in [1.54, 1.807) is 17.5 Å². The van der Waals surface area contributed by atoms with Gasteiger partial charge >= 0.3 is 5.97 Å². The molecule has 2 N–H and O–H groups in total. The van der Waals surface area contributed by atoms with Crippen LogP contribution in [-0.4, -0.2) is 37.0 Å². The third-order valence-corrected chi connectivity index (χ3v) is 4.24. The van der Waals surface area contributed by atoms with Gasteiger partial charge in [0.05, 0.1) is 4.88 Å². The molecular weight excluding hydrogens is 340 g/mol. The first kappa shape index (κ1) is 18.7. The van der Waals surface area contributed by atoms with Gasteiger partial charge in [-0.05, 0) is 30.4 Å². The number of carbonyl (C=O) groups is 3. The van der Waals surface area contributed by atoms with E-state index < -0.39 is 12.0 Å². The summed E-state index contributed by atoms with van der Waals surface area (Å²) in [4.78, 5) is 35.9. The molecule has 6 nitrogen and oxygen atoms in total. The zero-order chi connectivity index (χ0) is 18.1. The molecule has 2 rings (SSSR count). The van der Waals surface area contributed by atoms with Gasteiger partial charge in [-0.15, -0.1) is 11.3 Å². The van der Waals surface area contributed by atoms with Crippen LogP contribution in [0.15, 0.2) is 47.8 Å². The Kier molecular flexibility index (Phi) is 7.16. The van der Waals surface area contributed by atoms with Gasteiger partial charge in [-0.2, -0.15) is 0 Å². The second-order valence-corrected chi connectivity index (χ2v) is 6.31. The van der Waals surface area contributed by atoms with Gasteiger partial charge in [0.15, 0.2) is 6.61 Å². The molecule has 132 valence electrons. The fourth-order valence-corrected chi connectivity index (χ4v) is 2.66. The SMILES string of the molecule is CC(NC(=O)c1cccs1)C(=O)OCC(=O)NCCc1ccccc1. The van der Waals surface area contributed by atoms with Crippen LogP contribution >= 0.6 is 11.3 Å². The van der Waals surface area contributed by atoms with Gasteiger partial charge in [-0.25, -0.2) is 4.79 Å². The lowest BCUT2D eigenvalue weighted by atomic mass is 10.1. The summed E-state index contributed by atoms with van der Waals surface area (Å²) in [6, 6.07) is 12.3. The Hall–Kier alpha value is -2.67. The van der Waals surface area contributed by atoms with Crippen molar-refractivity contribution in [2.75, 3.05) is 13.2 Å². The lowest BCUT2D eigenvalue weighted by molar-refractivity contribution is -0.150. The summed E-state index contributed by atoms with van der Waals surface area (Å²) in [6.45, 7) is 1.61. The fraction of sp³-hybridized carbons (Fsp3) is 0.278. The highest BCUT2D eigenvalue weighted by molar-refractivity contribution is 7.12. The smallest absolute Gasteiger partial charge is 0.328 e. The highest BCUT2D eigenvalue weighted by Crippen LogP contribution is 2.08. The van der Waals surface area contributed by atoms with E-state index in [-0.39, 0.29) is 18.4 Å². The van der Waals surface area contributed by atoms with Crippen molar-refractivity contribution in [3.8, 4) is 0 Å². The largest absolute Gasteiger partial charge is 0.454 e. The first-order valence-electron chi connectivity index (χ1n) is 7.88. The summed E-state index contributed by atoms with van der Waals surface area (Å²) in [7, 11) is 0. The lowest BCUT2D eigenvalue weighted by Crippen LogP contribution is -2.40.